The lowest BCUT2D eigenvalue weighted by Gasteiger charge is -2.25. The molecule has 1 atom stereocenters. The van der Waals surface area contributed by atoms with E-state index in [1.54, 1.807) is 65.0 Å². The molecule has 1 amide bonds. The maximum atomic E-state index is 12.2. The Morgan fingerprint density at radius 1 is 1.23 bits per heavy atom. The molecule has 7 nitrogen and oxygen atoms in total. The third-order valence-corrected chi connectivity index (χ3v) is 5.16. The number of amides is 1. The van der Waals surface area contributed by atoms with Crippen LogP contribution < -0.4 is 10.1 Å². The topological polar surface area (TPSA) is 102 Å². The van der Waals surface area contributed by atoms with E-state index in [1.807, 2.05) is 0 Å². The first-order valence-corrected chi connectivity index (χ1v) is 11.2. The second-order valence-corrected chi connectivity index (χ2v) is 9.55. The van der Waals surface area contributed by atoms with Crippen molar-refractivity contribution in [3.63, 3.8) is 0 Å². The van der Waals surface area contributed by atoms with Crippen LogP contribution in [0.2, 0.25) is 5.02 Å². The fraction of sp³-hybridized carbons (Fsp3) is 0.381. The van der Waals surface area contributed by atoms with Crippen LogP contribution in [0.1, 0.15) is 39.7 Å². The number of nitrogens with one attached hydrogen (secondary N) is 1. The van der Waals surface area contributed by atoms with E-state index in [0.717, 1.165) is 0 Å². The Morgan fingerprint density at radius 3 is 2.40 bits per heavy atom. The Bertz CT molecular complexity index is 1030. The molecule has 1 unspecified atom stereocenters. The minimum absolute atomic E-state index is 0.109. The minimum Gasteiger partial charge on any atom is -0.470 e. The van der Waals surface area contributed by atoms with Gasteiger partial charge in [0.15, 0.2) is 6.23 Å². The molecule has 0 aromatic heterocycles. The maximum Gasteiger partial charge on any atom is 0.410 e. The van der Waals surface area contributed by atoms with Crippen molar-refractivity contribution < 1.29 is 27.2 Å². The zero-order valence-corrected chi connectivity index (χ0v) is 19.1. The predicted molar refractivity (Wildman–Crippen MR) is 116 cm³/mol. The Labute approximate surface area is 182 Å². The minimum atomic E-state index is -4.58. The van der Waals surface area contributed by atoms with Crippen molar-refractivity contribution in [2.24, 2.45) is 0 Å². The molecule has 0 bridgehead atoms. The summed E-state index contributed by atoms with van der Waals surface area (Å²) in [6.07, 6.45) is -1.11. The third-order valence-electron chi connectivity index (χ3n) is 3.95. The molecule has 9 heteroatoms. The first kappa shape index (κ1) is 24.0. The standard InChI is InChI=1S/C21H26ClNO6S/c1-6-18(23-20(24)29-21(3,4)5)28-16-11-13(2)12-17(30(25,26)27)19(16)14-9-7-8-10-15(14)22/h7-12,18H,6H2,1-5H3,(H,23,24)(H,25,26,27). The van der Waals surface area contributed by atoms with E-state index in [9.17, 15) is 17.8 Å². The summed E-state index contributed by atoms with van der Waals surface area (Å²) in [5.41, 5.74) is 0.333. The number of ether oxygens (including phenoxy) is 2. The van der Waals surface area contributed by atoms with Gasteiger partial charge >= 0.3 is 6.09 Å². The van der Waals surface area contributed by atoms with E-state index in [0.29, 0.717) is 17.5 Å². The van der Waals surface area contributed by atoms with Crippen LogP contribution in [0.25, 0.3) is 11.1 Å². The second kappa shape index (κ2) is 9.24. The van der Waals surface area contributed by atoms with Crippen LogP contribution in [0.3, 0.4) is 0 Å². The number of alkyl carbamates (subject to hydrolysis) is 1. The lowest BCUT2D eigenvalue weighted by atomic mass is 10.0. The molecule has 0 heterocycles. The molecule has 0 saturated carbocycles. The lowest BCUT2D eigenvalue weighted by Crippen LogP contribution is -2.41. The lowest BCUT2D eigenvalue weighted by molar-refractivity contribution is 0.0389. The SMILES string of the molecule is CCC(NC(=O)OC(C)(C)C)Oc1cc(C)cc(S(=O)(=O)O)c1-c1ccccc1Cl. The number of benzene rings is 2. The van der Waals surface area contributed by atoms with E-state index in [2.05, 4.69) is 5.32 Å². The molecule has 0 radical (unpaired) electrons. The fourth-order valence-corrected chi connectivity index (χ4v) is 3.79. The van der Waals surface area contributed by atoms with Gasteiger partial charge in [0.1, 0.15) is 16.2 Å². The number of hydrogen-bond donors (Lipinski definition) is 2. The Balaban J connectivity index is 2.55. The summed E-state index contributed by atoms with van der Waals surface area (Å²) in [7, 11) is -4.58. The number of aryl methyl sites for hydroxylation is 1. The monoisotopic (exact) mass is 455 g/mol. The smallest absolute Gasteiger partial charge is 0.410 e. The number of rotatable bonds is 6. The van der Waals surface area contributed by atoms with Crippen molar-refractivity contribution in [1.82, 2.24) is 5.32 Å². The molecule has 2 aromatic rings. The first-order valence-electron chi connectivity index (χ1n) is 9.35. The van der Waals surface area contributed by atoms with Crippen molar-refractivity contribution in [3.8, 4) is 16.9 Å². The molecular weight excluding hydrogens is 430 g/mol. The van der Waals surface area contributed by atoms with E-state index >= 15 is 0 Å². The largest absolute Gasteiger partial charge is 0.470 e. The summed E-state index contributed by atoms with van der Waals surface area (Å²) < 4.78 is 45.2. The molecule has 0 fully saturated rings. The van der Waals surface area contributed by atoms with E-state index < -0.39 is 28.0 Å². The first-order chi connectivity index (χ1) is 13.8. The summed E-state index contributed by atoms with van der Waals surface area (Å²) in [6.45, 7) is 8.67. The van der Waals surface area contributed by atoms with Crippen molar-refractivity contribution in [3.05, 3.63) is 47.0 Å². The molecule has 0 spiro atoms. The number of carbonyl (C=O) groups excluding carboxylic acids is 1. The molecule has 30 heavy (non-hydrogen) atoms. The van der Waals surface area contributed by atoms with Gasteiger partial charge < -0.3 is 9.47 Å². The van der Waals surface area contributed by atoms with Crippen LogP contribution >= 0.6 is 11.6 Å². The van der Waals surface area contributed by atoms with Crippen molar-refractivity contribution in [2.45, 2.75) is 57.8 Å². The summed E-state index contributed by atoms with van der Waals surface area (Å²) in [5.74, 6) is 0.152. The van der Waals surface area contributed by atoms with Gasteiger partial charge in [-0.3, -0.25) is 9.87 Å². The molecule has 0 aliphatic heterocycles. The van der Waals surface area contributed by atoms with Gasteiger partial charge in [-0.25, -0.2) is 4.79 Å². The van der Waals surface area contributed by atoms with E-state index in [-0.39, 0.29) is 21.2 Å². The van der Waals surface area contributed by atoms with Gasteiger partial charge in [-0.2, -0.15) is 8.42 Å². The van der Waals surface area contributed by atoms with Gasteiger partial charge in [0.25, 0.3) is 10.1 Å². The zero-order valence-electron chi connectivity index (χ0n) is 17.5. The highest BCUT2D eigenvalue weighted by Crippen LogP contribution is 2.41. The van der Waals surface area contributed by atoms with Gasteiger partial charge in [0.05, 0.1) is 0 Å². The highest BCUT2D eigenvalue weighted by Gasteiger charge is 2.26. The van der Waals surface area contributed by atoms with Crippen LogP contribution in [0.4, 0.5) is 4.79 Å². The second-order valence-electron chi connectivity index (χ2n) is 7.75. The van der Waals surface area contributed by atoms with Crippen LogP contribution in [0.15, 0.2) is 41.3 Å². The summed E-state index contributed by atoms with van der Waals surface area (Å²) in [4.78, 5) is 11.8. The Kier molecular flexibility index (Phi) is 7.39. The highest BCUT2D eigenvalue weighted by atomic mass is 35.5. The molecule has 0 aliphatic rings. The normalized spacial score (nSPS) is 12.9. The predicted octanol–water partition coefficient (Wildman–Crippen LogP) is 5.20. The molecule has 0 saturated heterocycles. The average Bonchev–Trinajstić information content (AvgIpc) is 2.59. The summed E-state index contributed by atoms with van der Waals surface area (Å²) in [6, 6.07) is 9.57. The van der Waals surface area contributed by atoms with Crippen molar-refractivity contribution in [1.29, 1.82) is 0 Å². The summed E-state index contributed by atoms with van der Waals surface area (Å²) >= 11 is 6.30. The zero-order chi connectivity index (χ0) is 22.7. The highest BCUT2D eigenvalue weighted by molar-refractivity contribution is 7.86. The van der Waals surface area contributed by atoms with Crippen LogP contribution in [0.5, 0.6) is 5.75 Å². The Hall–Kier alpha value is -2.29. The van der Waals surface area contributed by atoms with E-state index in [4.69, 9.17) is 21.1 Å². The van der Waals surface area contributed by atoms with Crippen molar-refractivity contribution >= 4 is 27.8 Å². The molecule has 2 N–H and O–H groups in total. The average molecular weight is 456 g/mol. The number of hydrogen-bond acceptors (Lipinski definition) is 5. The fourth-order valence-electron chi connectivity index (χ4n) is 2.75. The van der Waals surface area contributed by atoms with Crippen LogP contribution in [0, 0.1) is 6.92 Å². The van der Waals surface area contributed by atoms with E-state index in [1.165, 1.54) is 6.07 Å². The molecule has 0 aliphatic carbocycles. The third kappa shape index (κ3) is 6.35. The quantitative estimate of drug-likeness (QED) is 0.458. The van der Waals surface area contributed by atoms with Gasteiger partial charge in [-0.15, -0.1) is 0 Å². The number of carbonyl (C=O) groups is 1. The molecule has 164 valence electrons. The number of halogens is 1. The van der Waals surface area contributed by atoms with Crippen LogP contribution in [-0.2, 0) is 14.9 Å². The van der Waals surface area contributed by atoms with Gasteiger partial charge in [0, 0.05) is 22.6 Å². The van der Waals surface area contributed by atoms with Crippen molar-refractivity contribution in [2.75, 3.05) is 0 Å². The molecular formula is C21H26ClNO6S. The van der Waals surface area contributed by atoms with Gasteiger partial charge in [-0.05, 0) is 51.5 Å². The molecule has 2 aromatic carbocycles. The summed E-state index contributed by atoms with van der Waals surface area (Å²) in [5, 5.41) is 2.90. The van der Waals surface area contributed by atoms with Gasteiger partial charge in [0.2, 0.25) is 0 Å². The maximum absolute atomic E-state index is 12.2. The van der Waals surface area contributed by atoms with Crippen LogP contribution in [-0.4, -0.2) is 30.9 Å². The van der Waals surface area contributed by atoms with Gasteiger partial charge in [-0.1, -0.05) is 36.7 Å². The molecule has 2 rings (SSSR count). The Morgan fingerprint density at radius 2 is 1.87 bits per heavy atom.